The van der Waals surface area contributed by atoms with Gasteiger partial charge in [-0.25, -0.2) is 0 Å². The van der Waals surface area contributed by atoms with Crippen molar-refractivity contribution in [1.29, 1.82) is 0 Å². The Balaban J connectivity index is 1.66. The van der Waals surface area contributed by atoms with E-state index >= 15 is 0 Å². The van der Waals surface area contributed by atoms with Crippen molar-refractivity contribution in [1.82, 2.24) is 13.6 Å². The largest absolute Gasteiger partial charge is 0.470 e. The molecule has 1 saturated heterocycles. The summed E-state index contributed by atoms with van der Waals surface area (Å²) in [4.78, 5) is 4.51. The molecule has 22 heavy (non-hydrogen) atoms. The standard InChI is InChI=1S/C14H16Cl2N4OS/c1-19-4-6-20(7-5-19)13-14(18-22-17-13)21-9-10-2-3-11(15)12(16)8-10/h2-3,8H,4-7,9H2,1H3. The Kier molecular flexibility index (Phi) is 5.03. The summed E-state index contributed by atoms with van der Waals surface area (Å²) in [5, 5.41) is 1.07. The molecule has 0 saturated carbocycles. The van der Waals surface area contributed by atoms with Crippen LogP contribution in [0.15, 0.2) is 18.2 Å². The van der Waals surface area contributed by atoms with Crippen molar-refractivity contribution in [3.8, 4) is 5.88 Å². The van der Waals surface area contributed by atoms with E-state index in [1.54, 1.807) is 12.1 Å². The van der Waals surface area contributed by atoms with E-state index in [1.165, 1.54) is 11.7 Å². The lowest BCUT2D eigenvalue weighted by Gasteiger charge is -2.32. The monoisotopic (exact) mass is 358 g/mol. The summed E-state index contributed by atoms with van der Waals surface area (Å²) in [5.41, 5.74) is 0.951. The molecule has 1 aliphatic heterocycles. The van der Waals surface area contributed by atoms with E-state index in [-0.39, 0.29) is 0 Å². The van der Waals surface area contributed by atoms with Gasteiger partial charge in [0.15, 0.2) is 0 Å². The summed E-state index contributed by atoms with van der Waals surface area (Å²) in [6.07, 6.45) is 0. The van der Waals surface area contributed by atoms with E-state index in [2.05, 4.69) is 25.6 Å². The molecular formula is C14H16Cl2N4OS. The molecule has 0 unspecified atom stereocenters. The van der Waals surface area contributed by atoms with Crippen molar-refractivity contribution < 1.29 is 4.74 Å². The molecule has 0 radical (unpaired) electrons. The Morgan fingerprint density at radius 1 is 1.14 bits per heavy atom. The van der Waals surface area contributed by atoms with Gasteiger partial charge < -0.3 is 14.5 Å². The maximum absolute atomic E-state index is 6.01. The molecule has 0 spiro atoms. The number of halogens is 2. The summed E-state index contributed by atoms with van der Waals surface area (Å²) < 4.78 is 14.5. The van der Waals surface area contributed by atoms with Crippen LogP contribution in [0.4, 0.5) is 5.82 Å². The number of nitrogens with zero attached hydrogens (tertiary/aromatic N) is 4. The van der Waals surface area contributed by atoms with Crippen molar-refractivity contribution in [3.63, 3.8) is 0 Å². The average molecular weight is 359 g/mol. The van der Waals surface area contributed by atoms with Crippen LogP contribution in [-0.4, -0.2) is 46.9 Å². The van der Waals surface area contributed by atoms with E-state index in [0.717, 1.165) is 37.6 Å². The van der Waals surface area contributed by atoms with Gasteiger partial charge in [0.05, 0.1) is 21.8 Å². The number of hydrogen-bond acceptors (Lipinski definition) is 6. The lowest BCUT2D eigenvalue weighted by molar-refractivity contribution is 0.289. The number of likely N-dealkylation sites (N-methyl/N-ethyl adjacent to an activating group) is 1. The quantitative estimate of drug-likeness (QED) is 0.839. The van der Waals surface area contributed by atoms with Crippen LogP contribution in [0.1, 0.15) is 5.56 Å². The fraction of sp³-hybridized carbons (Fsp3) is 0.429. The fourth-order valence-corrected chi connectivity index (χ4v) is 3.10. The first-order valence-electron chi connectivity index (χ1n) is 6.96. The van der Waals surface area contributed by atoms with Crippen LogP contribution in [0, 0.1) is 0 Å². The normalized spacial score (nSPS) is 16.0. The van der Waals surface area contributed by atoms with Gasteiger partial charge in [-0.3, -0.25) is 0 Å². The topological polar surface area (TPSA) is 41.5 Å². The van der Waals surface area contributed by atoms with Crippen LogP contribution in [0.2, 0.25) is 10.0 Å². The smallest absolute Gasteiger partial charge is 0.271 e. The van der Waals surface area contributed by atoms with Crippen LogP contribution >= 0.6 is 34.9 Å². The molecule has 1 aromatic carbocycles. The van der Waals surface area contributed by atoms with Crippen LogP contribution in [0.25, 0.3) is 0 Å². The van der Waals surface area contributed by atoms with Gasteiger partial charge in [-0.2, -0.15) is 4.37 Å². The molecule has 0 atom stereocenters. The lowest BCUT2D eigenvalue weighted by Crippen LogP contribution is -2.44. The minimum Gasteiger partial charge on any atom is -0.470 e. The van der Waals surface area contributed by atoms with E-state index in [9.17, 15) is 0 Å². The maximum Gasteiger partial charge on any atom is 0.271 e. The average Bonchev–Trinajstić information content (AvgIpc) is 2.98. The third-order valence-electron chi connectivity index (χ3n) is 3.60. The molecule has 118 valence electrons. The first-order chi connectivity index (χ1) is 10.6. The van der Waals surface area contributed by atoms with Crippen LogP contribution in [0.3, 0.4) is 0 Å². The SMILES string of the molecule is CN1CCN(c2nsnc2OCc2ccc(Cl)c(Cl)c2)CC1. The highest BCUT2D eigenvalue weighted by Gasteiger charge is 2.21. The summed E-state index contributed by atoms with van der Waals surface area (Å²) in [5.74, 6) is 1.42. The molecule has 0 amide bonds. The van der Waals surface area contributed by atoms with Gasteiger partial charge in [-0.15, -0.1) is 4.37 Å². The number of hydrogen-bond donors (Lipinski definition) is 0. The second-order valence-electron chi connectivity index (χ2n) is 5.22. The molecule has 3 rings (SSSR count). The van der Waals surface area contributed by atoms with Gasteiger partial charge in [0.2, 0.25) is 5.82 Å². The highest BCUT2D eigenvalue weighted by atomic mass is 35.5. The number of piperazine rings is 1. The van der Waals surface area contributed by atoms with Crippen LogP contribution in [0.5, 0.6) is 5.88 Å². The van der Waals surface area contributed by atoms with Gasteiger partial charge in [0, 0.05) is 26.2 Å². The third kappa shape index (κ3) is 3.63. The Morgan fingerprint density at radius 2 is 1.91 bits per heavy atom. The molecule has 0 N–H and O–H groups in total. The summed E-state index contributed by atoms with van der Waals surface area (Å²) in [6, 6.07) is 5.46. The maximum atomic E-state index is 6.01. The van der Waals surface area contributed by atoms with Gasteiger partial charge in [-0.1, -0.05) is 29.3 Å². The Labute approximate surface area is 143 Å². The second-order valence-corrected chi connectivity index (χ2v) is 6.56. The van der Waals surface area contributed by atoms with E-state index in [1.807, 2.05) is 6.07 Å². The van der Waals surface area contributed by atoms with E-state index < -0.39 is 0 Å². The Bertz CT molecular complexity index is 644. The molecule has 1 fully saturated rings. The van der Waals surface area contributed by atoms with Gasteiger partial charge in [-0.05, 0) is 24.7 Å². The highest BCUT2D eigenvalue weighted by molar-refractivity contribution is 6.99. The van der Waals surface area contributed by atoms with Crippen molar-refractivity contribution in [3.05, 3.63) is 33.8 Å². The summed E-state index contributed by atoms with van der Waals surface area (Å²) in [7, 11) is 2.12. The molecule has 2 aromatic rings. The molecule has 1 aliphatic rings. The number of rotatable bonds is 4. The highest BCUT2D eigenvalue weighted by Crippen LogP contribution is 2.28. The lowest BCUT2D eigenvalue weighted by atomic mass is 10.2. The minimum absolute atomic E-state index is 0.392. The van der Waals surface area contributed by atoms with Gasteiger partial charge in [0.1, 0.15) is 6.61 Å². The van der Waals surface area contributed by atoms with Gasteiger partial charge >= 0.3 is 0 Å². The first-order valence-corrected chi connectivity index (χ1v) is 8.45. The van der Waals surface area contributed by atoms with Crippen LogP contribution < -0.4 is 9.64 Å². The zero-order chi connectivity index (χ0) is 15.5. The molecule has 2 heterocycles. The van der Waals surface area contributed by atoms with Gasteiger partial charge in [0.25, 0.3) is 5.88 Å². The molecular weight excluding hydrogens is 343 g/mol. The zero-order valence-corrected chi connectivity index (χ0v) is 14.5. The number of anilines is 1. The van der Waals surface area contributed by atoms with Crippen molar-refractivity contribution >= 4 is 40.7 Å². The summed E-state index contributed by atoms with van der Waals surface area (Å²) >= 11 is 13.1. The number of aromatic nitrogens is 2. The minimum atomic E-state index is 0.392. The number of ether oxygens (including phenoxy) is 1. The molecule has 1 aromatic heterocycles. The van der Waals surface area contributed by atoms with Crippen molar-refractivity contribution in [2.75, 3.05) is 38.1 Å². The van der Waals surface area contributed by atoms with Crippen molar-refractivity contribution in [2.45, 2.75) is 6.61 Å². The molecule has 0 aliphatic carbocycles. The van der Waals surface area contributed by atoms with E-state index in [4.69, 9.17) is 27.9 Å². The first kappa shape index (κ1) is 15.8. The molecule has 8 heteroatoms. The Hall–Kier alpha value is -1.08. The fourth-order valence-electron chi connectivity index (χ4n) is 2.26. The second kappa shape index (κ2) is 7.00. The predicted molar refractivity (Wildman–Crippen MR) is 90.4 cm³/mol. The zero-order valence-electron chi connectivity index (χ0n) is 12.1. The molecule has 5 nitrogen and oxygen atoms in total. The number of benzene rings is 1. The summed E-state index contributed by atoms with van der Waals surface area (Å²) in [6.45, 7) is 4.30. The van der Waals surface area contributed by atoms with E-state index in [0.29, 0.717) is 22.5 Å². The third-order valence-corrected chi connectivity index (χ3v) is 4.85. The predicted octanol–water partition coefficient (Wildman–Crippen LogP) is 3.18. The van der Waals surface area contributed by atoms with Crippen molar-refractivity contribution in [2.24, 2.45) is 0 Å². The van der Waals surface area contributed by atoms with Crippen LogP contribution in [-0.2, 0) is 6.61 Å². The Morgan fingerprint density at radius 3 is 2.64 bits per heavy atom. The molecule has 0 bridgehead atoms.